The third-order valence-corrected chi connectivity index (χ3v) is 5.97. The standard InChI is InChI=1S/C21H19FN2O3S/c1-24(15-16-6-3-2-4-7-16)28(26,27)20-12-10-17(11-13-20)21(25)23-19-9-5-8-18(22)14-19/h2-14H,15H2,1H3,(H,23,25). The zero-order chi connectivity index (χ0) is 20.1. The molecule has 0 aliphatic carbocycles. The Morgan fingerprint density at radius 1 is 0.964 bits per heavy atom. The molecule has 0 saturated heterocycles. The van der Waals surface area contributed by atoms with Crippen molar-refractivity contribution >= 4 is 21.6 Å². The second-order valence-electron chi connectivity index (χ2n) is 6.24. The fourth-order valence-corrected chi connectivity index (χ4v) is 3.81. The van der Waals surface area contributed by atoms with Crippen LogP contribution in [0, 0.1) is 5.82 Å². The molecule has 3 aromatic rings. The highest BCUT2D eigenvalue weighted by atomic mass is 32.2. The van der Waals surface area contributed by atoms with E-state index in [4.69, 9.17) is 0 Å². The SMILES string of the molecule is CN(Cc1ccccc1)S(=O)(=O)c1ccc(C(=O)Nc2cccc(F)c2)cc1. The van der Waals surface area contributed by atoms with Crippen LogP contribution in [-0.4, -0.2) is 25.7 Å². The first-order valence-corrected chi connectivity index (χ1v) is 9.97. The Hall–Kier alpha value is -3.03. The molecule has 0 radical (unpaired) electrons. The quantitative estimate of drug-likeness (QED) is 0.685. The summed E-state index contributed by atoms with van der Waals surface area (Å²) in [6.07, 6.45) is 0. The van der Waals surface area contributed by atoms with E-state index in [0.29, 0.717) is 5.69 Å². The van der Waals surface area contributed by atoms with Gasteiger partial charge in [-0.2, -0.15) is 4.31 Å². The number of carbonyl (C=O) groups excluding carboxylic acids is 1. The van der Waals surface area contributed by atoms with Gasteiger partial charge in [0.25, 0.3) is 5.91 Å². The smallest absolute Gasteiger partial charge is 0.255 e. The molecule has 5 nitrogen and oxygen atoms in total. The zero-order valence-electron chi connectivity index (χ0n) is 15.2. The first-order chi connectivity index (χ1) is 13.4. The number of amides is 1. The van der Waals surface area contributed by atoms with Crippen molar-refractivity contribution < 1.29 is 17.6 Å². The van der Waals surface area contributed by atoms with Crippen LogP contribution in [0.3, 0.4) is 0 Å². The summed E-state index contributed by atoms with van der Waals surface area (Å²) < 4.78 is 39.9. The molecule has 0 atom stereocenters. The van der Waals surface area contributed by atoms with Gasteiger partial charge in [0, 0.05) is 24.8 Å². The van der Waals surface area contributed by atoms with E-state index < -0.39 is 21.7 Å². The Labute approximate surface area is 163 Å². The van der Waals surface area contributed by atoms with Crippen molar-refractivity contribution in [1.82, 2.24) is 4.31 Å². The molecule has 0 unspecified atom stereocenters. The molecule has 0 aromatic heterocycles. The van der Waals surface area contributed by atoms with Gasteiger partial charge in [-0.3, -0.25) is 4.79 Å². The van der Waals surface area contributed by atoms with Crippen LogP contribution < -0.4 is 5.32 Å². The number of halogens is 1. The first-order valence-electron chi connectivity index (χ1n) is 8.53. The Morgan fingerprint density at radius 2 is 1.64 bits per heavy atom. The van der Waals surface area contributed by atoms with Crippen molar-refractivity contribution in [3.63, 3.8) is 0 Å². The number of rotatable bonds is 6. The average Bonchev–Trinajstić information content (AvgIpc) is 2.69. The molecule has 0 spiro atoms. The molecule has 3 aromatic carbocycles. The van der Waals surface area contributed by atoms with Gasteiger partial charge >= 0.3 is 0 Å². The van der Waals surface area contributed by atoms with E-state index in [2.05, 4.69) is 5.32 Å². The van der Waals surface area contributed by atoms with Crippen LogP contribution >= 0.6 is 0 Å². The highest BCUT2D eigenvalue weighted by Crippen LogP contribution is 2.18. The third kappa shape index (κ3) is 4.62. The second kappa shape index (κ2) is 8.33. The molecule has 7 heteroatoms. The molecule has 28 heavy (non-hydrogen) atoms. The molecule has 144 valence electrons. The van der Waals surface area contributed by atoms with E-state index in [1.165, 1.54) is 53.8 Å². The Morgan fingerprint density at radius 3 is 2.29 bits per heavy atom. The van der Waals surface area contributed by atoms with E-state index in [-0.39, 0.29) is 17.0 Å². The van der Waals surface area contributed by atoms with Crippen molar-refractivity contribution in [3.8, 4) is 0 Å². The molecule has 0 heterocycles. The van der Waals surface area contributed by atoms with Crippen LogP contribution in [0.4, 0.5) is 10.1 Å². The topological polar surface area (TPSA) is 66.5 Å². The fourth-order valence-electron chi connectivity index (χ4n) is 2.65. The van der Waals surface area contributed by atoms with E-state index in [1.54, 1.807) is 6.07 Å². The largest absolute Gasteiger partial charge is 0.322 e. The first kappa shape index (κ1) is 19.7. The molecule has 0 aliphatic rings. The van der Waals surface area contributed by atoms with E-state index in [1.807, 2.05) is 30.3 Å². The van der Waals surface area contributed by atoms with Crippen LogP contribution in [-0.2, 0) is 16.6 Å². The van der Waals surface area contributed by atoms with Gasteiger partial charge in [0.15, 0.2) is 0 Å². The van der Waals surface area contributed by atoms with Gasteiger partial charge in [-0.25, -0.2) is 12.8 Å². The van der Waals surface area contributed by atoms with E-state index in [0.717, 1.165) is 5.56 Å². The van der Waals surface area contributed by atoms with Gasteiger partial charge in [-0.05, 0) is 48.0 Å². The van der Waals surface area contributed by atoms with Crippen molar-refractivity contribution in [1.29, 1.82) is 0 Å². The van der Waals surface area contributed by atoms with Gasteiger partial charge in [-0.1, -0.05) is 36.4 Å². The highest BCUT2D eigenvalue weighted by molar-refractivity contribution is 7.89. The summed E-state index contributed by atoms with van der Waals surface area (Å²) in [4.78, 5) is 12.4. The van der Waals surface area contributed by atoms with Gasteiger partial charge in [-0.15, -0.1) is 0 Å². The number of hydrogen-bond donors (Lipinski definition) is 1. The molecule has 0 bridgehead atoms. The highest BCUT2D eigenvalue weighted by Gasteiger charge is 2.21. The number of benzene rings is 3. The van der Waals surface area contributed by atoms with Crippen LogP contribution in [0.2, 0.25) is 0 Å². The van der Waals surface area contributed by atoms with Gasteiger partial charge in [0.05, 0.1) is 4.90 Å². The van der Waals surface area contributed by atoms with Crippen molar-refractivity contribution in [2.24, 2.45) is 0 Å². The fraction of sp³-hybridized carbons (Fsp3) is 0.0952. The van der Waals surface area contributed by atoms with Gasteiger partial charge in [0.1, 0.15) is 5.82 Å². The van der Waals surface area contributed by atoms with Crippen LogP contribution in [0.15, 0.2) is 83.8 Å². The predicted octanol–water partition coefficient (Wildman–Crippen LogP) is 3.90. The maximum Gasteiger partial charge on any atom is 0.255 e. The molecular formula is C21H19FN2O3S. The van der Waals surface area contributed by atoms with Gasteiger partial charge in [0.2, 0.25) is 10.0 Å². The monoisotopic (exact) mass is 398 g/mol. The van der Waals surface area contributed by atoms with Crippen molar-refractivity contribution in [2.75, 3.05) is 12.4 Å². The summed E-state index contributed by atoms with van der Waals surface area (Å²) in [5.74, 6) is -0.909. The normalized spacial score (nSPS) is 11.4. The molecular weight excluding hydrogens is 379 g/mol. The maximum absolute atomic E-state index is 13.2. The lowest BCUT2D eigenvalue weighted by atomic mass is 10.2. The second-order valence-corrected chi connectivity index (χ2v) is 8.28. The van der Waals surface area contributed by atoms with Crippen molar-refractivity contribution in [2.45, 2.75) is 11.4 Å². The molecule has 0 saturated carbocycles. The lowest BCUT2D eigenvalue weighted by Gasteiger charge is -2.17. The average molecular weight is 398 g/mol. The lowest BCUT2D eigenvalue weighted by molar-refractivity contribution is 0.102. The van der Waals surface area contributed by atoms with Crippen LogP contribution in [0.1, 0.15) is 15.9 Å². The molecule has 0 aliphatic heterocycles. The Kier molecular flexibility index (Phi) is 5.87. The molecule has 1 amide bonds. The Bertz CT molecular complexity index is 1070. The van der Waals surface area contributed by atoms with Gasteiger partial charge < -0.3 is 5.32 Å². The Balaban J connectivity index is 1.72. The number of sulfonamides is 1. The zero-order valence-corrected chi connectivity index (χ0v) is 16.0. The predicted molar refractivity (Wildman–Crippen MR) is 106 cm³/mol. The minimum absolute atomic E-state index is 0.0910. The summed E-state index contributed by atoms with van der Waals surface area (Å²) in [6.45, 7) is 0.241. The number of anilines is 1. The number of hydrogen-bond acceptors (Lipinski definition) is 3. The maximum atomic E-state index is 13.2. The third-order valence-electron chi connectivity index (χ3n) is 4.16. The van der Waals surface area contributed by atoms with Crippen molar-refractivity contribution in [3.05, 3.63) is 95.8 Å². The minimum atomic E-state index is -3.69. The summed E-state index contributed by atoms with van der Waals surface area (Å²) in [5, 5.41) is 2.57. The number of carbonyl (C=O) groups is 1. The summed E-state index contributed by atoms with van der Waals surface area (Å²) in [7, 11) is -2.19. The van der Waals surface area contributed by atoms with Crippen LogP contribution in [0.25, 0.3) is 0 Å². The lowest BCUT2D eigenvalue weighted by Crippen LogP contribution is -2.26. The minimum Gasteiger partial charge on any atom is -0.322 e. The number of nitrogens with zero attached hydrogens (tertiary/aromatic N) is 1. The molecule has 3 rings (SSSR count). The van der Waals surface area contributed by atoms with E-state index in [9.17, 15) is 17.6 Å². The van der Waals surface area contributed by atoms with E-state index >= 15 is 0 Å². The van der Waals surface area contributed by atoms with Crippen LogP contribution in [0.5, 0.6) is 0 Å². The summed E-state index contributed by atoms with van der Waals surface area (Å²) >= 11 is 0. The summed E-state index contributed by atoms with van der Waals surface area (Å²) in [6, 6.07) is 20.4. The molecule has 1 N–H and O–H groups in total. The molecule has 0 fully saturated rings. The number of nitrogens with one attached hydrogen (secondary N) is 1. The summed E-state index contributed by atoms with van der Waals surface area (Å²) in [5.41, 5.74) is 1.47.